The Morgan fingerprint density at radius 2 is 1.80 bits per heavy atom. The molecule has 2 aromatic carbocycles. The number of rotatable bonds is 6. The summed E-state index contributed by atoms with van der Waals surface area (Å²) in [7, 11) is 3.18. The minimum Gasteiger partial charge on any atom is -0.497 e. The first kappa shape index (κ1) is 19.4. The summed E-state index contributed by atoms with van der Waals surface area (Å²) in [5, 5.41) is 10.8. The van der Waals surface area contributed by atoms with Gasteiger partial charge in [0, 0.05) is 25.3 Å². The Kier molecular flexibility index (Phi) is 5.34. The average molecular weight is 407 g/mol. The summed E-state index contributed by atoms with van der Waals surface area (Å²) in [6, 6.07) is 14.8. The fourth-order valence-corrected chi connectivity index (χ4v) is 3.31. The number of benzene rings is 2. The molecule has 1 aliphatic rings. The average Bonchev–Trinajstić information content (AvgIpc) is 3.23. The number of fused-ring (bicyclic) bond motifs is 1. The lowest BCUT2D eigenvalue weighted by Gasteiger charge is -2.17. The van der Waals surface area contributed by atoms with Crippen LogP contribution in [0.5, 0.6) is 11.5 Å². The highest BCUT2D eigenvalue weighted by Crippen LogP contribution is 2.28. The monoisotopic (exact) mass is 407 g/mol. The van der Waals surface area contributed by atoms with Crippen LogP contribution in [0.3, 0.4) is 0 Å². The predicted octanol–water partition coefficient (Wildman–Crippen LogP) is 1.74. The van der Waals surface area contributed by atoms with Gasteiger partial charge in [0.25, 0.3) is 11.5 Å². The standard InChI is InChI=1S/C21H21N5O4/c1-29-16-8-6-15(7-9-16)25-10-11-26-20(28)18(23-24-21(25)26)19(27)22-13-14-4-3-5-17(12-14)30-2/h3-9,12H,10-11,13H2,1-2H3,(H,22,27). The number of methoxy groups -OCH3 is 2. The Hall–Kier alpha value is -3.88. The quantitative estimate of drug-likeness (QED) is 0.664. The first-order valence-corrected chi connectivity index (χ1v) is 9.41. The molecule has 0 saturated carbocycles. The lowest BCUT2D eigenvalue weighted by Crippen LogP contribution is -2.34. The van der Waals surface area contributed by atoms with Crippen molar-refractivity contribution in [2.45, 2.75) is 13.1 Å². The van der Waals surface area contributed by atoms with Crippen molar-refractivity contribution in [3.05, 3.63) is 70.1 Å². The summed E-state index contributed by atoms with van der Waals surface area (Å²) in [4.78, 5) is 27.2. The number of amides is 1. The van der Waals surface area contributed by atoms with Crippen LogP contribution in [-0.4, -0.2) is 41.4 Å². The van der Waals surface area contributed by atoms with E-state index in [0.29, 0.717) is 24.8 Å². The van der Waals surface area contributed by atoms with Crippen LogP contribution in [-0.2, 0) is 13.1 Å². The van der Waals surface area contributed by atoms with Crippen LogP contribution in [0.2, 0.25) is 0 Å². The number of hydrogen-bond donors (Lipinski definition) is 1. The topological polar surface area (TPSA) is 98.6 Å². The Labute approximate surface area is 172 Å². The van der Waals surface area contributed by atoms with Gasteiger partial charge in [-0.05, 0) is 42.0 Å². The van der Waals surface area contributed by atoms with Gasteiger partial charge in [-0.1, -0.05) is 12.1 Å². The van der Waals surface area contributed by atoms with Gasteiger partial charge in [-0.3, -0.25) is 14.2 Å². The fourth-order valence-electron chi connectivity index (χ4n) is 3.31. The lowest BCUT2D eigenvalue weighted by atomic mass is 10.2. The van der Waals surface area contributed by atoms with Crippen molar-refractivity contribution in [2.24, 2.45) is 0 Å². The minimum absolute atomic E-state index is 0.224. The maximum Gasteiger partial charge on any atom is 0.286 e. The van der Waals surface area contributed by atoms with E-state index in [1.807, 2.05) is 53.4 Å². The predicted molar refractivity (Wildman–Crippen MR) is 110 cm³/mol. The molecule has 1 amide bonds. The number of carbonyl (C=O) groups excluding carboxylic acids is 1. The summed E-state index contributed by atoms with van der Waals surface area (Å²) in [6.07, 6.45) is 0. The van der Waals surface area contributed by atoms with E-state index in [4.69, 9.17) is 9.47 Å². The molecule has 0 saturated heterocycles. The van der Waals surface area contributed by atoms with Gasteiger partial charge in [-0.25, -0.2) is 0 Å². The highest BCUT2D eigenvalue weighted by Gasteiger charge is 2.27. The van der Waals surface area contributed by atoms with Gasteiger partial charge in [0.1, 0.15) is 11.5 Å². The van der Waals surface area contributed by atoms with Crippen LogP contribution in [0.25, 0.3) is 0 Å². The smallest absolute Gasteiger partial charge is 0.286 e. The number of nitrogens with one attached hydrogen (secondary N) is 1. The minimum atomic E-state index is -0.562. The number of nitrogens with zero attached hydrogens (tertiary/aromatic N) is 4. The number of hydrogen-bond acceptors (Lipinski definition) is 7. The van der Waals surface area contributed by atoms with E-state index in [1.54, 1.807) is 14.2 Å². The molecule has 0 atom stereocenters. The van der Waals surface area contributed by atoms with Crippen molar-refractivity contribution in [1.29, 1.82) is 0 Å². The van der Waals surface area contributed by atoms with Crippen molar-refractivity contribution in [1.82, 2.24) is 20.1 Å². The zero-order valence-corrected chi connectivity index (χ0v) is 16.7. The summed E-state index contributed by atoms with van der Waals surface area (Å²) in [5.41, 5.74) is 1.03. The van der Waals surface area contributed by atoms with Crippen molar-refractivity contribution in [3.8, 4) is 11.5 Å². The number of ether oxygens (including phenoxy) is 2. The van der Waals surface area contributed by atoms with E-state index in [9.17, 15) is 9.59 Å². The molecule has 0 bridgehead atoms. The molecule has 1 aromatic heterocycles. The summed E-state index contributed by atoms with van der Waals surface area (Å²) in [6.45, 7) is 1.23. The van der Waals surface area contributed by atoms with Gasteiger partial charge in [0.2, 0.25) is 11.6 Å². The number of carbonyl (C=O) groups is 1. The Bertz CT molecular complexity index is 1130. The van der Waals surface area contributed by atoms with Gasteiger partial charge in [-0.15, -0.1) is 10.2 Å². The number of aromatic nitrogens is 3. The molecular weight excluding hydrogens is 386 g/mol. The van der Waals surface area contributed by atoms with Crippen LogP contribution < -0.4 is 25.2 Å². The second kappa shape index (κ2) is 8.24. The molecule has 0 radical (unpaired) electrons. The zero-order valence-electron chi connectivity index (χ0n) is 16.7. The van der Waals surface area contributed by atoms with Gasteiger partial charge in [0.15, 0.2) is 0 Å². The van der Waals surface area contributed by atoms with Crippen LogP contribution >= 0.6 is 0 Å². The molecule has 154 valence electrons. The molecule has 0 spiro atoms. The molecule has 0 aliphatic carbocycles. The summed E-state index contributed by atoms with van der Waals surface area (Å²) >= 11 is 0. The third-order valence-electron chi connectivity index (χ3n) is 4.90. The van der Waals surface area contributed by atoms with E-state index in [-0.39, 0.29) is 12.2 Å². The van der Waals surface area contributed by atoms with E-state index in [1.165, 1.54) is 4.57 Å². The molecule has 1 aliphatic heterocycles. The third-order valence-corrected chi connectivity index (χ3v) is 4.90. The molecule has 9 nitrogen and oxygen atoms in total. The highest BCUT2D eigenvalue weighted by molar-refractivity contribution is 5.91. The molecule has 0 fully saturated rings. The molecule has 2 heterocycles. The molecule has 9 heteroatoms. The van der Waals surface area contributed by atoms with E-state index in [0.717, 1.165) is 17.0 Å². The third kappa shape index (κ3) is 3.69. The molecule has 30 heavy (non-hydrogen) atoms. The van der Waals surface area contributed by atoms with Crippen molar-refractivity contribution >= 4 is 17.5 Å². The second-order valence-corrected chi connectivity index (χ2v) is 6.69. The second-order valence-electron chi connectivity index (χ2n) is 6.69. The Morgan fingerprint density at radius 1 is 1.03 bits per heavy atom. The summed E-state index contributed by atoms with van der Waals surface area (Å²) < 4.78 is 11.8. The van der Waals surface area contributed by atoms with E-state index < -0.39 is 11.5 Å². The molecule has 1 N–H and O–H groups in total. The van der Waals surface area contributed by atoms with Crippen LogP contribution in [0.1, 0.15) is 16.1 Å². The van der Waals surface area contributed by atoms with Crippen molar-refractivity contribution in [2.75, 3.05) is 25.7 Å². The largest absolute Gasteiger partial charge is 0.497 e. The molecule has 4 rings (SSSR count). The summed E-state index contributed by atoms with van der Waals surface area (Å²) in [5.74, 6) is 1.28. The van der Waals surface area contributed by atoms with Crippen LogP contribution in [0, 0.1) is 0 Å². The Balaban J connectivity index is 1.52. The maximum atomic E-state index is 12.8. The lowest BCUT2D eigenvalue weighted by molar-refractivity contribution is 0.0942. The number of anilines is 2. The van der Waals surface area contributed by atoms with E-state index >= 15 is 0 Å². The molecule has 0 unspecified atom stereocenters. The molecule has 3 aromatic rings. The van der Waals surface area contributed by atoms with Crippen molar-refractivity contribution < 1.29 is 14.3 Å². The SMILES string of the molecule is COc1ccc(N2CCn3c2nnc(C(=O)NCc2cccc(OC)c2)c3=O)cc1. The first-order valence-electron chi connectivity index (χ1n) is 9.41. The van der Waals surface area contributed by atoms with E-state index in [2.05, 4.69) is 15.5 Å². The van der Waals surface area contributed by atoms with Crippen LogP contribution in [0.15, 0.2) is 53.3 Å². The van der Waals surface area contributed by atoms with Gasteiger partial charge < -0.3 is 19.7 Å². The van der Waals surface area contributed by atoms with Gasteiger partial charge >= 0.3 is 0 Å². The Morgan fingerprint density at radius 3 is 2.53 bits per heavy atom. The zero-order chi connectivity index (χ0) is 21.1. The highest BCUT2D eigenvalue weighted by atomic mass is 16.5. The fraction of sp³-hybridized carbons (Fsp3) is 0.238. The first-order chi connectivity index (χ1) is 14.6. The maximum absolute atomic E-state index is 12.8. The van der Waals surface area contributed by atoms with Gasteiger partial charge in [0.05, 0.1) is 14.2 Å². The normalized spacial score (nSPS) is 12.4. The van der Waals surface area contributed by atoms with Crippen molar-refractivity contribution in [3.63, 3.8) is 0 Å². The van der Waals surface area contributed by atoms with Crippen LogP contribution in [0.4, 0.5) is 11.6 Å². The van der Waals surface area contributed by atoms with Gasteiger partial charge in [-0.2, -0.15) is 0 Å². The molecular formula is C21H21N5O4.